The summed E-state index contributed by atoms with van der Waals surface area (Å²) in [4.78, 5) is 23.8. The Morgan fingerprint density at radius 3 is 2.64 bits per heavy atom. The monoisotopic (exact) mass is 326 g/mol. The molecule has 0 saturated heterocycles. The first-order chi connectivity index (χ1) is 10.2. The van der Waals surface area contributed by atoms with Crippen LogP contribution in [0.25, 0.3) is 0 Å². The van der Waals surface area contributed by atoms with Crippen molar-refractivity contribution in [3.63, 3.8) is 0 Å². The number of aliphatic hydroxyl groups is 1. The number of carbonyl (C=O) groups is 2. The van der Waals surface area contributed by atoms with Crippen LogP contribution < -0.4 is 10.6 Å². The Kier molecular flexibility index (Phi) is 4.81. The van der Waals surface area contributed by atoms with Crippen LogP contribution in [-0.2, 0) is 26.6 Å². The number of aliphatic hydroxyl groups excluding tert-OH is 1. The minimum absolute atomic E-state index is 0.0404. The van der Waals surface area contributed by atoms with Crippen molar-refractivity contribution >= 4 is 29.4 Å². The Balaban J connectivity index is 2.18. The van der Waals surface area contributed by atoms with E-state index in [2.05, 4.69) is 15.7 Å². The maximum atomic E-state index is 12.0. The first-order valence-corrected chi connectivity index (χ1v) is 8.32. The SMILES string of the molecule is C[C@@H](O)CNC(=O)C(=O)Nc1c2c(nn1C(C)(C)C)CSC2. The molecule has 0 radical (unpaired) electrons. The average Bonchev–Trinajstić information content (AvgIpc) is 2.97. The number of nitrogens with one attached hydrogen (secondary N) is 2. The molecule has 1 aromatic rings. The van der Waals surface area contributed by atoms with Crippen molar-refractivity contribution in [1.29, 1.82) is 0 Å². The molecule has 1 aliphatic heterocycles. The standard InChI is InChI=1S/C14H22N4O3S/c1-8(19)5-15-12(20)13(21)16-11-9-6-22-7-10(9)17-18(11)14(2,3)4/h8,19H,5-7H2,1-4H3,(H,15,20)(H,16,21)/t8-/m1/s1. The van der Waals surface area contributed by atoms with Gasteiger partial charge in [-0.1, -0.05) is 0 Å². The quantitative estimate of drug-likeness (QED) is 0.715. The van der Waals surface area contributed by atoms with E-state index in [9.17, 15) is 9.59 Å². The molecule has 0 spiro atoms. The van der Waals surface area contributed by atoms with Crippen LogP contribution >= 0.6 is 11.8 Å². The van der Waals surface area contributed by atoms with E-state index in [1.54, 1.807) is 16.4 Å². The number of carbonyl (C=O) groups excluding carboxylic acids is 2. The second-order valence-corrected chi connectivity index (χ2v) is 7.35. The molecule has 0 unspecified atom stereocenters. The molecule has 0 aliphatic carbocycles. The molecule has 0 aromatic carbocycles. The van der Waals surface area contributed by atoms with Gasteiger partial charge in [-0.25, -0.2) is 4.68 Å². The van der Waals surface area contributed by atoms with Crippen LogP contribution in [0.1, 0.15) is 39.0 Å². The number of amides is 2. The maximum Gasteiger partial charge on any atom is 0.314 e. The average molecular weight is 326 g/mol. The summed E-state index contributed by atoms with van der Waals surface area (Å²) in [5.41, 5.74) is 1.64. The van der Waals surface area contributed by atoms with Gasteiger partial charge < -0.3 is 15.7 Å². The highest BCUT2D eigenvalue weighted by Crippen LogP contribution is 2.37. The lowest BCUT2D eigenvalue weighted by atomic mass is 10.1. The zero-order chi connectivity index (χ0) is 16.5. The van der Waals surface area contributed by atoms with E-state index in [1.807, 2.05) is 20.8 Å². The van der Waals surface area contributed by atoms with Crippen LogP contribution in [0.3, 0.4) is 0 Å². The number of nitrogens with zero attached hydrogens (tertiary/aromatic N) is 2. The largest absolute Gasteiger partial charge is 0.392 e. The molecule has 122 valence electrons. The second-order valence-electron chi connectivity index (χ2n) is 6.36. The number of hydrogen-bond donors (Lipinski definition) is 3. The van der Waals surface area contributed by atoms with Crippen LogP contribution in [0.4, 0.5) is 5.82 Å². The molecule has 8 heteroatoms. The fourth-order valence-corrected chi connectivity index (χ4v) is 3.15. The zero-order valence-corrected chi connectivity index (χ0v) is 14.1. The Bertz CT molecular complexity index is 590. The highest BCUT2D eigenvalue weighted by Gasteiger charge is 2.29. The third-order valence-electron chi connectivity index (χ3n) is 3.18. The minimum atomic E-state index is -0.762. The Morgan fingerprint density at radius 2 is 2.05 bits per heavy atom. The molecule has 1 atom stereocenters. The molecule has 0 fully saturated rings. The highest BCUT2D eigenvalue weighted by atomic mass is 32.2. The van der Waals surface area contributed by atoms with E-state index in [4.69, 9.17) is 5.11 Å². The van der Waals surface area contributed by atoms with Crippen LogP contribution in [0.15, 0.2) is 0 Å². The number of aromatic nitrogens is 2. The van der Waals surface area contributed by atoms with Gasteiger partial charge in [-0.2, -0.15) is 16.9 Å². The van der Waals surface area contributed by atoms with Gasteiger partial charge in [0.2, 0.25) is 0 Å². The van der Waals surface area contributed by atoms with E-state index in [-0.39, 0.29) is 12.1 Å². The van der Waals surface area contributed by atoms with Crippen molar-refractivity contribution in [2.24, 2.45) is 0 Å². The van der Waals surface area contributed by atoms with Crippen molar-refractivity contribution in [2.75, 3.05) is 11.9 Å². The molecule has 2 amide bonds. The zero-order valence-electron chi connectivity index (χ0n) is 13.3. The van der Waals surface area contributed by atoms with Crippen molar-refractivity contribution in [1.82, 2.24) is 15.1 Å². The van der Waals surface area contributed by atoms with Gasteiger partial charge in [-0.3, -0.25) is 9.59 Å². The molecule has 2 rings (SSSR count). The molecule has 1 aliphatic rings. The van der Waals surface area contributed by atoms with Gasteiger partial charge in [-0.15, -0.1) is 0 Å². The lowest BCUT2D eigenvalue weighted by molar-refractivity contribution is -0.136. The summed E-state index contributed by atoms with van der Waals surface area (Å²) in [6.45, 7) is 7.55. The summed E-state index contributed by atoms with van der Waals surface area (Å²) < 4.78 is 1.76. The number of fused-ring (bicyclic) bond motifs is 1. The number of thioether (sulfide) groups is 1. The van der Waals surface area contributed by atoms with Gasteiger partial charge >= 0.3 is 11.8 Å². The fraction of sp³-hybridized carbons (Fsp3) is 0.643. The summed E-state index contributed by atoms with van der Waals surface area (Å²) in [6, 6.07) is 0. The predicted molar refractivity (Wildman–Crippen MR) is 85.5 cm³/mol. The van der Waals surface area contributed by atoms with E-state index in [0.29, 0.717) is 5.82 Å². The maximum absolute atomic E-state index is 12.0. The van der Waals surface area contributed by atoms with Crippen LogP contribution in [-0.4, -0.2) is 39.4 Å². The van der Waals surface area contributed by atoms with Crippen molar-refractivity contribution in [3.05, 3.63) is 11.3 Å². The fourth-order valence-electron chi connectivity index (χ4n) is 2.11. The smallest absolute Gasteiger partial charge is 0.314 e. The van der Waals surface area contributed by atoms with Gasteiger partial charge in [0, 0.05) is 23.6 Å². The third-order valence-corrected chi connectivity index (χ3v) is 4.15. The molecule has 22 heavy (non-hydrogen) atoms. The van der Waals surface area contributed by atoms with Gasteiger partial charge in [0.1, 0.15) is 5.82 Å². The molecule has 0 bridgehead atoms. The summed E-state index contributed by atoms with van der Waals surface area (Å²) in [5, 5.41) is 18.8. The highest BCUT2D eigenvalue weighted by molar-refractivity contribution is 7.98. The van der Waals surface area contributed by atoms with Gasteiger partial charge in [0.25, 0.3) is 0 Å². The summed E-state index contributed by atoms with van der Waals surface area (Å²) in [5.74, 6) is 0.670. The molecular formula is C14H22N4O3S. The Labute approximate surface area is 133 Å². The third kappa shape index (κ3) is 3.61. The lowest BCUT2D eigenvalue weighted by Crippen LogP contribution is -2.40. The summed E-state index contributed by atoms with van der Waals surface area (Å²) in [7, 11) is 0. The first kappa shape index (κ1) is 16.8. The molecule has 3 N–H and O–H groups in total. The number of rotatable bonds is 3. The van der Waals surface area contributed by atoms with Gasteiger partial charge in [0.05, 0.1) is 17.3 Å². The van der Waals surface area contributed by atoms with Crippen molar-refractivity contribution in [3.8, 4) is 0 Å². The first-order valence-electron chi connectivity index (χ1n) is 7.16. The van der Waals surface area contributed by atoms with E-state index in [0.717, 1.165) is 22.8 Å². The molecule has 7 nitrogen and oxygen atoms in total. The summed E-state index contributed by atoms with van der Waals surface area (Å²) in [6.07, 6.45) is -0.697. The Morgan fingerprint density at radius 1 is 1.36 bits per heavy atom. The van der Waals surface area contributed by atoms with Crippen LogP contribution in [0.5, 0.6) is 0 Å². The number of anilines is 1. The summed E-state index contributed by atoms with van der Waals surface area (Å²) >= 11 is 1.73. The van der Waals surface area contributed by atoms with E-state index in [1.165, 1.54) is 6.92 Å². The van der Waals surface area contributed by atoms with Gasteiger partial charge in [0.15, 0.2) is 0 Å². The molecule has 2 heterocycles. The van der Waals surface area contributed by atoms with Crippen molar-refractivity contribution < 1.29 is 14.7 Å². The van der Waals surface area contributed by atoms with E-state index < -0.39 is 17.9 Å². The van der Waals surface area contributed by atoms with Crippen molar-refractivity contribution in [2.45, 2.75) is 50.8 Å². The molecule has 0 saturated carbocycles. The second kappa shape index (κ2) is 6.29. The molecule has 1 aromatic heterocycles. The van der Waals surface area contributed by atoms with Gasteiger partial charge in [-0.05, 0) is 27.7 Å². The lowest BCUT2D eigenvalue weighted by Gasteiger charge is -2.23. The normalized spacial score (nSPS) is 15.3. The van der Waals surface area contributed by atoms with Crippen LogP contribution in [0.2, 0.25) is 0 Å². The molecular weight excluding hydrogens is 304 g/mol. The predicted octanol–water partition coefficient (Wildman–Crippen LogP) is 0.820. The van der Waals surface area contributed by atoms with E-state index >= 15 is 0 Å². The topological polar surface area (TPSA) is 96.2 Å². The number of hydrogen-bond acceptors (Lipinski definition) is 5. The minimum Gasteiger partial charge on any atom is -0.392 e. The Hall–Kier alpha value is -1.54. The van der Waals surface area contributed by atoms with Crippen LogP contribution in [0, 0.1) is 0 Å².